The fraction of sp³-hybridized carbons (Fsp3) is 0.656. The summed E-state index contributed by atoms with van der Waals surface area (Å²) in [6.45, 7) is 7.76. The van der Waals surface area contributed by atoms with Crippen LogP contribution in [0.4, 0.5) is 22.8 Å². The molecule has 2 amide bonds. The molecule has 1 fully saturated rings. The Morgan fingerprint density at radius 1 is 1.09 bits per heavy atom. The van der Waals surface area contributed by atoms with Crippen LogP contribution in [0.1, 0.15) is 121 Å². The summed E-state index contributed by atoms with van der Waals surface area (Å²) in [5, 5.41) is 15.4. The summed E-state index contributed by atoms with van der Waals surface area (Å²) in [6.07, 6.45) is 4.48. The molecule has 0 bridgehead atoms. The van der Waals surface area contributed by atoms with Crippen LogP contribution in [-0.4, -0.2) is 57.0 Å². The molecule has 0 aliphatic carbocycles. The number of nitrogens with zero attached hydrogens (tertiary/aromatic N) is 4. The maximum Gasteiger partial charge on any atom is 0.437 e. The number of carboxylic acid groups (broad SMARTS) is 1. The van der Waals surface area contributed by atoms with Gasteiger partial charge in [0.15, 0.2) is 0 Å². The number of hydrogen-bond acceptors (Lipinski definition) is 6. The lowest BCUT2D eigenvalue weighted by Crippen LogP contribution is -2.48. The SMILES string of the molecule is CCCCCCCCCCCc1ccc(-c2noc(C3CCCN(C(=NC(=O)OC(C)(C)C)NC(=O)O)C3)n2)cc1C(F)(F)F. The molecule has 1 aliphatic rings. The van der Waals surface area contributed by atoms with Gasteiger partial charge in [-0.15, -0.1) is 4.99 Å². The van der Waals surface area contributed by atoms with E-state index in [0.717, 1.165) is 25.3 Å². The summed E-state index contributed by atoms with van der Waals surface area (Å²) >= 11 is 0. The van der Waals surface area contributed by atoms with Crippen molar-refractivity contribution >= 4 is 18.1 Å². The third-order valence-corrected chi connectivity index (χ3v) is 7.54. The van der Waals surface area contributed by atoms with Gasteiger partial charge in [-0.25, -0.2) is 9.59 Å². The zero-order valence-corrected chi connectivity index (χ0v) is 26.7. The average Bonchev–Trinajstić information content (AvgIpc) is 3.45. The Morgan fingerprint density at radius 3 is 2.38 bits per heavy atom. The molecular formula is C32H46F3N5O5. The number of benzene rings is 1. The van der Waals surface area contributed by atoms with E-state index in [4.69, 9.17) is 9.26 Å². The number of aliphatic imine (C=N–C) groups is 1. The first-order chi connectivity index (χ1) is 21.3. The molecule has 13 heteroatoms. The monoisotopic (exact) mass is 637 g/mol. The van der Waals surface area contributed by atoms with Crippen LogP contribution in [-0.2, 0) is 17.3 Å². The van der Waals surface area contributed by atoms with Crippen LogP contribution in [0.3, 0.4) is 0 Å². The quantitative estimate of drug-likeness (QED) is 0.134. The van der Waals surface area contributed by atoms with Gasteiger partial charge in [0.25, 0.3) is 0 Å². The number of halogens is 3. The zero-order chi connectivity index (χ0) is 33.0. The Morgan fingerprint density at radius 2 is 1.76 bits per heavy atom. The Labute approximate surface area is 262 Å². The lowest BCUT2D eigenvalue weighted by atomic mass is 9.97. The Kier molecular flexibility index (Phi) is 13.2. The number of hydrogen-bond donors (Lipinski definition) is 2. The van der Waals surface area contributed by atoms with Crippen LogP contribution in [0.15, 0.2) is 27.7 Å². The molecule has 0 spiro atoms. The van der Waals surface area contributed by atoms with E-state index >= 15 is 0 Å². The van der Waals surface area contributed by atoms with Crippen LogP contribution in [0.2, 0.25) is 0 Å². The maximum absolute atomic E-state index is 14.0. The van der Waals surface area contributed by atoms with E-state index < -0.39 is 29.5 Å². The maximum atomic E-state index is 14.0. The minimum Gasteiger partial charge on any atom is -0.465 e. The second-order valence-electron chi connectivity index (χ2n) is 12.5. The number of piperidine rings is 1. The topological polar surface area (TPSA) is 130 Å². The number of ether oxygens (including phenoxy) is 1. The van der Waals surface area contributed by atoms with Crippen LogP contribution in [0.5, 0.6) is 0 Å². The highest BCUT2D eigenvalue weighted by Gasteiger charge is 2.34. The van der Waals surface area contributed by atoms with Gasteiger partial charge in [-0.3, -0.25) is 5.32 Å². The van der Waals surface area contributed by atoms with E-state index in [1.165, 1.54) is 38.2 Å². The van der Waals surface area contributed by atoms with Gasteiger partial charge >= 0.3 is 18.4 Å². The van der Waals surface area contributed by atoms with Gasteiger partial charge in [-0.2, -0.15) is 18.2 Å². The third-order valence-electron chi connectivity index (χ3n) is 7.54. The molecule has 10 nitrogen and oxygen atoms in total. The highest BCUT2D eigenvalue weighted by atomic mass is 19.4. The van der Waals surface area contributed by atoms with Crippen molar-refractivity contribution in [3.63, 3.8) is 0 Å². The number of carbonyl (C=O) groups excluding carboxylic acids is 1. The highest BCUT2D eigenvalue weighted by Crippen LogP contribution is 2.36. The summed E-state index contributed by atoms with van der Waals surface area (Å²) in [4.78, 5) is 33.5. The normalized spacial score (nSPS) is 16.1. The zero-order valence-electron chi connectivity index (χ0n) is 26.7. The minimum atomic E-state index is -4.53. The standard InChI is InChI=1S/C32H46F3N5O5/c1-5-6-7-8-9-10-11-12-13-15-22-17-18-23(20-25(22)32(33,34)35)26-36-27(45-39-26)24-16-14-19-40(21-24)28(37-29(41)42)38-30(43)44-31(2,3)4/h17-18,20,24H,5-16,19,21H2,1-4H3,(H,41,42)(H,37,38,43). The minimum absolute atomic E-state index is 0.0357. The van der Waals surface area contributed by atoms with E-state index in [0.29, 0.717) is 32.2 Å². The molecule has 3 rings (SSSR count). The molecule has 1 aromatic carbocycles. The fourth-order valence-corrected chi connectivity index (χ4v) is 5.36. The van der Waals surface area contributed by atoms with Crippen molar-refractivity contribution in [2.24, 2.45) is 4.99 Å². The van der Waals surface area contributed by atoms with Crippen molar-refractivity contribution in [1.29, 1.82) is 0 Å². The lowest BCUT2D eigenvalue weighted by molar-refractivity contribution is -0.138. The first-order valence-electron chi connectivity index (χ1n) is 15.9. The molecule has 2 N–H and O–H groups in total. The Balaban J connectivity index is 1.68. The van der Waals surface area contributed by atoms with Gasteiger partial charge < -0.3 is 19.3 Å². The van der Waals surface area contributed by atoms with Crippen molar-refractivity contribution in [2.75, 3.05) is 13.1 Å². The van der Waals surface area contributed by atoms with E-state index in [-0.39, 0.29) is 41.3 Å². The van der Waals surface area contributed by atoms with Gasteiger partial charge in [-0.05, 0) is 58.1 Å². The Bertz CT molecular complexity index is 1290. The number of aromatic nitrogens is 2. The second kappa shape index (κ2) is 16.6. The predicted octanol–water partition coefficient (Wildman–Crippen LogP) is 8.57. The molecule has 0 radical (unpaired) electrons. The van der Waals surface area contributed by atoms with Gasteiger partial charge in [0.05, 0.1) is 11.5 Å². The van der Waals surface area contributed by atoms with Crippen molar-refractivity contribution in [3.8, 4) is 11.4 Å². The number of guanidine groups is 1. The Hall–Kier alpha value is -3.64. The molecule has 1 unspecified atom stereocenters. The largest absolute Gasteiger partial charge is 0.465 e. The molecular weight excluding hydrogens is 591 g/mol. The molecule has 2 heterocycles. The van der Waals surface area contributed by atoms with Crippen LogP contribution >= 0.6 is 0 Å². The van der Waals surface area contributed by atoms with E-state index in [9.17, 15) is 27.9 Å². The van der Waals surface area contributed by atoms with Crippen molar-refractivity contribution in [2.45, 2.75) is 122 Å². The second-order valence-corrected chi connectivity index (χ2v) is 12.5. The van der Waals surface area contributed by atoms with Crippen molar-refractivity contribution < 1.29 is 37.1 Å². The molecule has 0 saturated carbocycles. The number of alkyl halides is 3. The fourth-order valence-electron chi connectivity index (χ4n) is 5.36. The van der Waals surface area contributed by atoms with Crippen LogP contribution < -0.4 is 5.32 Å². The molecule has 1 aliphatic heterocycles. The number of carbonyl (C=O) groups is 2. The number of unbranched alkanes of at least 4 members (excludes halogenated alkanes) is 8. The molecule has 2 aromatic rings. The molecule has 45 heavy (non-hydrogen) atoms. The first kappa shape index (κ1) is 35.8. The summed E-state index contributed by atoms with van der Waals surface area (Å²) in [6, 6.07) is 4.16. The molecule has 1 saturated heterocycles. The number of rotatable bonds is 12. The van der Waals surface area contributed by atoms with Crippen LogP contribution in [0, 0.1) is 0 Å². The van der Waals surface area contributed by atoms with Gasteiger partial charge in [-0.1, -0.05) is 75.6 Å². The summed E-state index contributed by atoms with van der Waals surface area (Å²) < 4.78 is 52.8. The van der Waals surface area contributed by atoms with Gasteiger partial charge in [0.2, 0.25) is 17.7 Å². The van der Waals surface area contributed by atoms with Crippen LogP contribution in [0.25, 0.3) is 11.4 Å². The van der Waals surface area contributed by atoms with Gasteiger partial charge in [0.1, 0.15) is 5.60 Å². The summed E-state index contributed by atoms with van der Waals surface area (Å²) in [7, 11) is 0. The number of amides is 2. The highest BCUT2D eigenvalue weighted by molar-refractivity contribution is 5.98. The van der Waals surface area contributed by atoms with E-state index in [1.807, 2.05) is 0 Å². The first-order valence-corrected chi connectivity index (χ1v) is 15.9. The van der Waals surface area contributed by atoms with Crippen molar-refractivity contribution in [1.82, 2.24) is 20.4 Å². The molecule has 1 atom stereocenters. The average molecular weight is 638 g/mol. The molecule has 250 valence electrons. The van der Waals surface area contributed by atoms with Crippen molar-refractivity contribution in [3.05, 3.63) is 35.2 Å². The number of nitrogens with one attached hydrogen (secondary N) is 1. The number of aryl methyl sites for hydroxylation is 1. The predicted molar refractivity (Wildman–Crippen MR) is 164 cm³/mol. The van der Waals surface area contributed by atoms with Gasteiger partial charge in [0, 0.05) is 18.7 Å². The third kappa shape index (κ3) is 12.0. The summed E-state index contributed by atoms with van der Waals surface area (Å²) in [5.74, 6) is -0.325. The van der Waals surface area contributed by atoms with E-state index in [1.54, 1.807) is 31.7 Å². The lowest BCUT2D eigenvalue weighted by Gasteiger charge is -2.32. The van der Waals surface area contributed by atoms with E-state index in [2.05, 4.69) is 27.4 Å². The summed E-state index contributed by atoms with van der Waals surface area (Å²) in [5.41, 5.74) is -1.07. The smallest absolute Gasteiger partial charge is 0.437 e. The number of likely N-dealkylation sites (tertiary alicyclic amines) is 1. The molecule has 1 aromatic heterocycles.